The molecule has 0 aromatic heterocycles. The lowest BCUT2D eigenvalue weighted by Crippen LogP contribution is -2.48. The minimum absolute atomic E-state index is 0.323. The van der Waals surface area contributed by atoms with Crippen molar-refractivity contribution < 1.29 is 13.2 Å². The lowest BCUT2D eigenvalue weighted by molar-refractivity contribution is 0.315. The van der Waals surface area contributed by atoms with Crippen molar-refractivity contribution in [1.29, 1.82) is 0 Å². The van der Waals surface area contributed by atoms with E-state index in [0.717, 1.165) is 23.4 Å². The van der Waals surface area contributed by atoms with E-state index in [-0.39, 0.29) is 0 Å². The van der Waals surface area contributed by atoms with E-state index in [9.17, 15) is 8.42 Å². The Morgan fingerprint density at radius 1 is 1.04 bits per heavy atom. The summed E-state index contributed by atoms with van der Waals surface area (Å²) in [7, 11) is -3.50. The number of aryl methyl sites for hydroxylation is 1. The molecule has 1 fully saturated rings. The van der Waals surface area contributed by atoms with Crippen LogP contribution in [0.25, 0.3) is 0 Å². The Morgan fingerprint density at radius 3 is 2.30 bits per heavy atom. The third-order valence-corrected chi connectivity index (χ3v) is 6.82. The minimum Gasteiger partial charge on any atom is -0.493 e. The zero-order chi connectivity index (χ0) is 19.4. The molecule has 7 heteroatoms. The standard InChI is InChI=1S/C20H25ClN2O3S/c1-3-14-26-20-9-8-19(15-16(20)2)27(24,25)23-12-10-22(11-13-23)18-6-4-17(21)5-7-18/h4-9,15H,3,10-14H2,1-2H3. The molecular formula is C20H25ClN2O3S. The summed E-state index contributed by atoms with van der Waals surface area (Å²) >= 11 is 5.94. The summed E-state index contributed by atoms with van der Waals surface area (Å²) < 4.78 is 33.2. The van der Waals surface area contributed by atoms with E-state index in [1.54, 1.807) is 22.5 Å². The van der Waals surface area contributed by atoms with E-state index in [1.165, 1.54) is 0 Å². The molecule has 3 rings (SSSR count). The number of hydrogen-bond acceptors (Lipinski definition) is 4. The fraction of sp³-hybridized carbons (Fsp3) is 0.400. The molecule has 1 aliphatic heterocycles. The highest BCUT2D eigenvalue weighted by Gasteiger charge is 2.29. The van der Waals surface area contributed by atoms with E-state index in [1.807, 2.05) is 38.1 Å². The molecule has 0 aliphatic carbocycles. The van der Waals surface area contributed by atoms with Crippen molar-refractivity contribution in [3.05, 3.63) is 53.1 Å². The van der Waals surface area contributed by atoms with Crippen LogP contribution >= 0.6 is 11.6 Å². The van der Waals surface area contributed by atoms with Crippen LogP contribution in [0.2, 0.25) is 5.02 Å². The zero-order valence-electron chi connectivity index (χ0n) is 15.7. The fourth-order valence-electron chi connectivity index (χ4n) is 3.14. The molecule has 0 bridgehead atoms. The normalized spacial score (nSPS) is 15.7. The second-order valence-electron chi connectivity index (χ2n) is 6.64. The topological polar surface area (TPSA) is 49.9 Å². The summed E-state index contributed by atoms with van der Waals surface area (Å²) in [4.78, 5) is 2.50. The van der Waals surface area contributed by atoms with Gasteiger partial charge in [0, 0.05) is 36.9 Å². The number of rotatable bonds is 6. The number of sulfonamides is 1. The lowest BCUT2D eigenvalue weighted by atomic mass is 10.2. The second-order valence-corrected chi connectivity index (χ2v) is 9.02. The largest absolute Gasteiger partial charge is 0.493 e. The third kappa shape index (κ3) is 4.57. The number of ether oxygens (including phenoxy) is 1. The van der Waals surface area contributed by atoms with Crippen LogP contribution in [-0.4, -0.2) is 45.5 Å². The Bertz CT molecular complexity index is 877. The van der Waals surface area contributed by atoms with Crippen LogP contribution in [0, 0.1) is 6.92 Å². The van der Waals surface area contributed by atoms with Gasteiger partial charge in [0.2, 0.25) is 10.0 Å². The number of halogens is 1. The summed E-state index contributed by atoms with van der Waals surface area (Å²) in [6.07, 6.45) is 0.914. The Labute approximate surface area is 166 Å². The van der Waals surface area contributed by atoms with E-state index < -0.39 is 10.0 Å². The van der Waals surface area contributed by atoms with Crippen molar-refractivity contribution in [2.75, 3.05) is 37.7 Å². The fourth-order valence-corrected chi connectivity index (χ4v) is 4.78. The maximum atomic E-state index is 13.0. The van der Waals surface area contributed by atoms with Gasteiger partial charge in [-0.25, -0.2) is 8.42 Å². The first kappa shape index (κ1) is 20.0. The molecule has 2 aromatic carbocycles. The van der Waals surface area contributed by atoms with Gasteiger partial charge >= 0.3 is 0 Å². The molecule has 0 unspecified atom stereocenters. The minimum atomic E-state index is -3.50. The van der Waals surface area contributed by atoms with E-state index in [4.69, 9.17) is 16.3 Å². The molecule has 0 atom stereocenters. The highest BCUT2D eigenvalue weighted by atomic mass is 35.5. The maximum Gasteiger partial charge on any atom is 0.243 e. The van der Waals surface area contributed by atoms with Gasteiger partial charge in [0.25, 0.3) is 0 Å². The van der Waals surface area contributed by atoms with Gasteiger partial charge in [-0.2, -0.15) is 4.31 Å². The van der Waals surface area contributed by atoms with Crippen molar-refractivity contribution >= 4 is 27.3 Å². The Balaban J connectivity index is 1.69. The molecular weight excluding hydrogens is 384 g/mol. The summed E-state index contributed by atoms with van der Waals surface area (Å²) in [6.45, 7) is 6.76. The molecule has 1 saturated heterocycles. The predicted octanol–water partition coefficient (Wildman–Crippen LogP) is 3.95. The highest BCUT2D eigenvalue weighted by molar-refractivity contribution is 7.89. The van der Waals surface area contributed by atoms with Crippen molar-refractivity contribution in [3.8, 4) is 5.75 Å². The molecule has 0 N–H and O–H groups in total. The summed E-state index contributed by atoms with van der Waals surface area (Å²) in [6, 6.07) is 12.7. The molecule has 27 heavy (non-hydrogen) atoms. The molecule has 1 heterocycles. The van der Waals surface area contributed by atoms with Crippen LogP contribution in [0.15, 0.2) is 47.4 Å². The van der Waals surface area contributed by atoms with Crippen molar-refractivity contribution in [3.63, 3.8) is 0 Å². The summed E-state index contributed by atoms with van der Waals surface area (Å²) in [5, 5.41) is 0.696. The number of anilines is 1. The van der Waals surface area contributed by atoms with Gasteiger partial charge in [-0.1, -0.05) is 18.5 Å². The van der Waals surface area contributed by atoms with Gasteiger partial charge < -0.3 is 9.64 Å². The van der Waals surface area contributed by atoms with Gasteiger partial charge in [0.1, 0.15) is 5.75 Å². The zero-order valence-corrected chi connectivity index (χ0v) is 17.3. The van der Waals surface area contributed by atoms with Gasteiger partial charge in [-0.3, -0.25) is 0 Å². The third-order valence-electron chi connectivity index (χ3n) is 4.68. The molecule has 0 saturated carbocycles. The predicted molar refractivity (Wildman–Crippen MR) is 109 cm³/mol. The molecule has 5 nitrogen and oxygen atoms in total. The van der Waals surface area contributed by atoms with Gasteiger partial charge in [-0.05, 0) is 61.4 Å². The van der Waals surface area contributed by atoms with Crippen LogP contribution in [0.4, 0.5) is 5.69 Å². The van der Waals surface area contributed by atoms with Crippen LogP contribution in [-0.2, 0) is 10.0 Å². The maximum absolute atomic E-state index is 13.0. The summed E-state index contributed by atoms with van der Waals surface area (Å²) in [5.74, 6) is 0.739. The second kappa shape index (κ2) is 8.50. The average molecular weight is 409 g/mol. The van der Waals surface area contributed by atoms with Crippen molar-refractivity contribution in [2.24, 2.45) is 0 Å². The Morgan fingerprint density at radius 2 is 1.70 bits per heavy atom. The van der Waals surface area contributed by atoms with Crippen molar-refractivity contribution in [1.82, 2.24) is 4.31 Å². The first-order valence-corrected chi connectivity index (χ1v) is 11.0. The number of hydrogen-bond donors (Lipinski definition) is 0. The van der Waals surface area contributed by atoms with E-state index >= 15 is 0 Å². The molecule has 0 spiro atoms. The van der Waals surface area contributed by atoms with E-state index in [2.05, 4.69) is 4.90 Å². The SMILES string of the molecule is CCCOc1ccc(S(=O)(=O)N2CCN(c3ccc(Cl)cc3)CC2)cc1C. The molecule has 2 aromatic rings. The monoisotopic (exact) mass is 408 g/mol. The number of benzene rings is 2. The lowest BCUT2D eigenvalue weighted by Gasteiger charge is -2.35. The van der Waals surface area contributed by atoms with Gasteiger partial charge in [0.05, 0.1) is 11.5 Å². The van der Waals surface area contributed by atoms with Gasteiger partial charge in [-0.15, -0.1) is 0 Å². The smallest absolute Gasteiger partial charge is 0.243 e. The van der Waals surface area contributed by atoms with Crippen molar-refractivity contribution in [2.45, 2.75) is 25.2 Å². The van der Waals surface area contributed by atoms with Crippen LogP contribution < -0.4 is 9.64 Å². The summed E-state index contributed by atoms with van der Waals surface area (Å²) in [5.41, 5.74) is 1.90. The first-order valence-electron chi connectivity index (χ1n) is 9.16. The quantitative estimate of drug-likeness (QED) is 0.726. The molecule has 146 valence electrons. The van der Waals surface area contributed by atoms with Crippen LogP contribution in [0.5, 0.6) is 5.75 Å². The highest BCUT2D eigenvalue weighted by Crippen LogP contribution is 2.26. The first-order chi connectivity index (χ1) is 12.9. The molecule has 0 amide bonds. The van der Waals surface area contributed by atoms with Crippen LogP contribution in [0.1, 0.15) is 18.9 Å². The number of piperazine rings is 1. The Hall–Kier alpha value is -1.76. The average Bonchev–Trinajstić information content (AvgIpc) is 2.67. The molecule has 1 aliphatic rings. The van der Waals surface area contributed by atoms with E-state index in [0.29, 0.717) is 42.7 Å². The van der Waals surface area contributed by atoms with Gasteiger partial charge in [0.15, 0.2) is 0 Å². The molecule has 0 radical (unpaired) electrons. The van der Waals surface area contributed by atoms with Crippen LogP contribution in [0.3, 0.4) is 0 Å². The number of nitrogens with zero attached hydrogens (tertiary/aromatic N) is 2. The Kier molecular flexibility index (Phi) is 6.29.